The number of amides is 1. The lowest BCUT2D eigenvalue weighted by Gasteiger charge is -2.33. The zero-order valence-electron chi connectivity index (χ0n) is 11.9. The smallest absolute Gasteiger partial charge is 0.224 e. The highest BCUT2D eigenvalue weighted by Crippen LogP contribution is 2.27. The van der Waals surface area contributed by atoms with Crippen molar-refractivity contribution in [3.63, 3.8) is 0 Å². The molecule has 1 saturated heterocycles. The third-order valence-corrected chi connectivity index (χ3v) is 4.87. The summed E-state index contributed by atoms with van der Waals surface area (Å²) in [7, 11) is 0. The number of nitrogens with one attached hydrogen (secondary N) is 2. The van der Waals surface area contributed by atoms with Gasteiger partial charge in [-0.05, 0) is 57.9 Å². The maximum atomic E-state index is 12.3. The summed E-state index contributed by atoms with van der Waals surface area (Å²) in [6.07, 6.45) is 8.41. The van der Waals surface area contributed by atoms with Gasteiger partial charge in [0.05, 0.1) is 5.92 Å². The highest BCUT2D eigenvalue weighted by molar-refractivity contribution is 5.79. The van der Waals surface area contributed by atoms with E-state index in [0.29, 0.717) is 12.1 Å². The van der Waals surface area contributed by atoms with Crippen molar-refractivity contribution < 1.29 is 4.79 Å². The van der Waals surface area contributed by atoms with Crippen molar-refractivity contribution in [2.75, 3.05) is 6.54 Å². The van der Waals surface area contributed by atoms with Crippen LogP contribution >= 0.6 is 0 Å². The molecule has 104 valence electrons. The molecule has 2 N–H and O–H groups in total. The molecule has 1 aliphatic heterocycles. The molecule has 0 aromatic rings. The van der Waals surface area contributed by atoms with E-state index in [1.807, 2.05) is 0 Å². The minimum absolute atomic E-state index is 0.183. The minimum atomic E-state index is 0.183. The predicted molar refractivity (Wildman–Crippen MR) is 74.4 cm³/mol. The molecule has 1 saturated carbocycles. The highest BCUT2D eigenvalue weighted by atomic mass is 16.2. The first-order valence-electron chi connectivity index (χ1n) is 7.74. The van der Waals surface area contributed by atoms with E-state index in [1.165, 1.54) is 32.1 Å². The molecule has 0 spiro atoms. The number of hydrogen-bond donors (Lipinski definition) is 2. The second-order valence-corrected chi connectivity index (χ2v) is 6.13. The van der Waals surface area contributed by atoms with Crippen molar-refractivity contribution >= 4 is 5.91 Å². The first-order chi connectivity index (χ1) is 8.70. The predicted octanol–water partition coefficient (Wildman–Crippen LogP) is 2.46. The second kappa shape index (κ2) is 6.55. The normalized spacial score (nSPS) is 37.2. The molecular formula is C15H28N2O. The molecule has 2 fully saturated rings. The fourth-order valence-corrected chi connectivity index (χ4v) is 3.43. The molecule has 0 radical (unpaired) electrons. The van der Waals surface area contributed by atoms with Gasteiger partial charge in [0.25, 0.3) is 0 Å². The fraction of sp³-hybridized carbons (Fsp3) is 0.933. The molecule has 2 aliphatic rings. The van der Waals surface area contributed by atoms with E-state index in [1.54, 1.807) is 0 Å². The maximum absolute atomic E-state index is 12.3. The van der Waals surface area contributed by atoms with Crippen molar-refractivity contribution in [2.24, 2.45) is 11.8 Å². The van der Waals surface area contributed by atoms with Gasteiger partial charge in [0.15, 0.2) is 0 Å². The van der Waals surface area contributed by atoms with Gasteiger partial charge in [-0.1, -0.05) is 13.3 Å². The Bertz CT molecular complexity index is 272. The van der Waals surface area contributed by atoms with Crippen LogP contribution in [-0.2, 0) is 4.79 Å². The standard InChI is InChI=1S/C15H28N2O/c1-3-12-6-8-13(9-7-12)17-15(18)14-5-4-10-16-11(14)2/h11-14,16H,3-10H2,1-2H3,(H,17,18). The van der Waals surface area contributed by atoms with Gasteiger partial charge < -0.3 is 10.6 Å². The van der Waals surface area contributed by atoms with Crippen LogP contribution in [0, 0.1) is 11.8 Å². The molecule has 2 atom stereocenters. The molecular weight excluding hydrogens is 224 g/mol. The van der Waals surface area contributed by atoms with Crippen LogP contribution in [-0.4, -0.2) is 24.5 Å². The summed E-state index contributed by atoms with van der Waals surface area (Å²) in [4.78, 5) is 12.3. The van der Waals surface area contributed by atoms with Gasteiger partial charge in [0.2, 0.25) is 5.91 Å². The Morgan fingerprint density at radius 3 is 2.56 bits per heavy atom. The molecule has 2 rings (SSSR count). The fourth-order valence-electron chi connectivity index (χ4n) is 3.43. The number of carbonyl (C=O) groups excluding carboxylic acids is 1. The Morgan fingerprint density at radius 1 is 1.22 bits per heavy atom. The average Bonchev–Trinajstić information content (AvgIpc) is 2.40. The van der Waals surface area contributed by atoms with Crippen LogP contribution in [0.1, 0.15) is 58.8 Å². The molecule has 3 heteroatoms. The minimum Gasteiger partial charge on any atom is -0.353 e. The van der Waals surface area contributed by atoms with Gasteiger partial charge in [-0.3, -0.25) is 4.79 Å². The summed E-state index contributed by atoms with van der Waals surface area (Å²) < 4.78 is 0. The Morgan fingerprint density at radius 2 is 1.94 bits per heavy atom. The number of carbonyl (C=O) groups is 1. The highest BCUT2D eigenvalue weighted by Gasteiger charge is 2.29. The van der Waals surface area contributed by atoms with Crippen LogP contribution in [0.3, 0.4) is 0 Å². The quantitative estimate of drug-likeness (QED) is 0.810. The van der Waals surface area contributed by atoms with Crippen LogP contribution < -0.4 is 10.6 Å². The molecule has 0 aromatic heterocycles. The third kappa shape index (κ3) is 3.47. The van der Waals surface area contributed by atoms with Crippen molar-refractivity contribution in [3.8, 4) is 0 Å². The van der Waals surface area contributed by atoms with Crippen molar-refractivity contribution in [1.29, 1.82) is 0 Å². The van der Waals surface area contributed by atoms with Crippen LogP contribution in [0.2, 0.25) is 0 Å². The first-order valence-corrected chi connectivity index (χ1v) is 7.74. The van der Waals surface area contributed by atoms with Gasteiger partial charge in [0, 0.05) is 12.1 Å². The summed E-state index contributed by atoms with van der Waals surface area (Å²) >= 11 is 0. The van der Waals surface area contributed by atoms with Crippen molar-refractivity contribution in [3.05, 3.63) is 0 Å². The third-order valence-electron chi connectivity index (χ3n) is 4.87. The first kappa shape index (κ1) is 13.9. The van der Waals surface area contributed by atoms with E-state index in [-0.39, 0.29) is 11.8 Å². The largest absolute Gasteiger partial charge is 0.353 e. The van der Waals surface area contributed by atoms with E-state index in [2.05, 4.69) is 24.5 Å². The van der Waals surface area contributed by atoms with Crippen LogP contribution in [0.4, 0.5) is 0 Å². The molecule has 0 bridgehead atoms. The van der Waals surface area contributed by atoms with E-state index >= 15 is 0 Å². The Labute approximate surface area is 111 Å². The van der Waals surface area contributed by atoms with Gasteiger partial charge in [-0.2, -0.15) is 0 Å². The van der Waals surface area contributed by atoms with Gasteiger partial charge in [-0.25, -0.2) is 0 Å². The van der Waals surface area contributed by atoms with Crippen LogP contribution in [0.5, 0.6) is 0 Å². The number of rotatable bonds is 3. The molecule has 1 amide bonds. The van der Waals surface area contributed by atoms with Gasteiger partial charge >= 0.3 is 0 Å². The summed E-state index contributed by atoms with van der Waals surface area (Å²) in [5, 5.41) is 6.69. The van der Waals surface area contributed by atoms with Gasteiger partial charge in [-0.15, -0.1) is 0 Å². The summed E-state index contributed by atoms with van der Waals surface area (Å²) in [6, 6.07) is 0.778. The molecule has 2 unspecified atom stereocenters. The Balaban J connectivity index is 1.77. The SMILES string of the molecule is CCC1CCC(NC(=O)C2CCCNC2C)CC1. The maximum Gasteiger partial charge on any atom is 0.224 e. The lowest BCUT2D eigenvalue weighted by molar-refractivity contribution is -0.127. The second-order valence-electron chi connectivity index (χ2n) is 6.13. The van der Waals surface area contributed by atoms with E-state index < -0.39 is 0 Å². The summed E-state index contributed by atoms with van der Waals surface area (Å²) in [6.45, 7) is 5.48. The molecule has 1 heterocycles. The molecule has 0 aromatic carbocycles. The molecule has 1 aliphatic carbocycles. The Hall–Kier alpha value is -0.570. The number of piperidine rings is 1. The topological polar surface area (TPSA) is 41.1 Å². The lowest BCUT2D eigenvalue weighted by Crippen LogP contribution is -2.49. The zero-order chi connectivity index (χ0) is 13.0. The molecule has 3 nitrogen and oxygen atoms in total. The van der Waals surface area contributed by atoms with Crippen molar-refractivity contribution in [2.45, 2.75) is 70.9 Å². The van der Waals surface area contributed by atoms with Gasteiger partial charge in [0.1, 0.15) is 0 Å². The lowest BCUT2D eigenvalue weighted by atomic mass is 9.84. The van der Waals surface area contributed by atoms with E-state index in [4.69, 9.17) is 0 Å². The number of hydrogen-bond acceptors (Lipinski definition) is 2. The average molecular weight is 252 g/mol. The monoisotopic (exact) mass is 252 g/mol. The zero-order valence-corrected chi connectivity index (χ0v) is 11.9. The molecule has 18 heavy (non-hydrogen) atoms. The van der Waals surface area contributed by atoms with E-state index in [9.17, 15) is 4.79 Å². The van der Waals surface area contributed by atoms with Crippen molar-refractivity contribution in [1.82, 2.24) is 10.6 Å². The van der Waals surface area contributed by atoms with Crippen LogP contribution in [0.15, 0.2) is 0 Å². The van der Waals surface area contributed by atoms with E-state index in [0.717, 1.165) is 25.3 Å². The Kier molecular flexibility index (Phi) is 5.04. The van der Waals surface area contributed by atoms with Crippen LogP contribution in [0.25, 0.3) is 0 Å². The summed E-state index contributed by atoms with van der Waals surface area (Å²) in [5.41, 5.74) is 0. The summed E-state index contributed by atoms with van der Waals surface area (Å²) in [5.74, 6) is 1.37.